The molecular weight excluding hydrogens is 238 g/mol. The number of carbonyl (C=O) groups excluding carboxylic acids is 1. The predicted molar refractivity (Wildman–Crippen MR) is 69.1 cm³/mol. The molecule has 0 aliphatic carbocycles. The van der Waals surface area contributed by atoms with Gasteiger partial charge in [0.25, 0.3) is 0 Å². The number of aliphatic hydroxyl groups excluding tert-OH is 1. The zero-order chi connectivity index (χ0) is 12.8. The first-order valence-corrected chi connectivity index (χ1v) is 6.07. The second kappa shape index (κ2) is 6.62. The van der Waals surface area contributed by atoms with Crippen molar-refractivity contribution in [3.05, 3.63) is 34.9 Å². The van der Waals surface area contributed by atoms with Crippen LogP contribution in [-0.2, 0) is 11.2 Å². The molecule has 0 aromatic heterocycles. The molecule has 0 bridgehead atoms. The molecule has 2 N–H and O–H groups in total. The highest BCUT2D eigenvalue weighted by Crippen LogP contribution is 2.11. The fourth-order valence-corrected chi connectivity index (χ4v) is 1.94. The Morgan fingerprint density at radius 2 is 2.18 bits per heavy atom. The van der Waals surface area contributed by atoms with Gasteiger partial charge in [-0.15, -0.1) is 0 Å². The minimum Gasteiger partial charge on any atom is -0.393 e. The number of benzene rings is 1. The van der Waals surface area contributed by atoms with Crippen molar-refractivity contribution in [3.8, 4) is 0 Å². The maximum Gasteiger partial charge on any atom is 0.224 e. The third kappa shape index (κ3) is 5.71. The molecule has 0 heterocycles. The van der Waals surface area contributed by atoms with Gasteiger partial charge in [0.1, 0.15) is 0 Å². The van der Waals surface area contributed by atoms with E-state index in [0.717, 1.165) is 5.56 Å². The minimum atomic E-state index is -0.406. The molecule has 2 unspecified atom stereocenters. The van der Waals surface area contributed by atoms with Gasteiger partial charge in [0.2, 0.25) is 5.91 Å². The second-order valence-corrected chi connectivity index (χ2v) is 4.80. The van der Waals surface area contributed by atoms with Crippen LogP contribution in [0.1, 0.15) is 25.8 Å². The van der Waals surface area contributed by atoms with Gasteiger partial charge in [-0.25, -0.2) is 0 Å². The highest BCUT2D eigenvalue weighted by atomic mass is 35.5. The molecule has 2 atom stereocenters. The molecule has 0 saturated heterocycles. The van der Waals surface area contributed by atoms with E-state index >= 15 is 0 Å². The number of aliphatic hydroxyl groups is 1. The Labute approximate surface area is 107 Å². The molecule has 0 radical (unpaired) electrons. The molecule has 3 nitrogen and oxygen atoms in total. The Morgan fingerprint density at radius 3 is 2.76 bits per heavy atom. The quantitative estimate of drug-likeness (QED) is 0.847. The van der Waals surface area contributed by atoms with E-state index in [9.17, 15) is 9.90 Å². The van der Waals surface area contributed by atoms with E-state index < -0.39 is 6.10 Å². The summed E-state index contributed by atoms with van der Waals surface area (Å²) in [6.45, 7) is 3.59. The molecule has 1 aromatic rings. The van der Waals surface area contributed by atoms with Crippen molar-refractivity contribution in [3.63, 3.8) is 0 Å². The van der Waals surface area contributed by atoms with Crippen LogP contribution in [0.15, 0.2) is 24.3 Å². The van der Waals surface area contributed by atoms with Crippen LogP contribution in [0.5, 0.6) is 0 Å². The zero-order valence-electron chi connectivity index (χ0n) is 10.1. The molecule has 17 heavy (non-hydrogen) atoms. The van der Waals surface area contributed by atoms with Crippen LogP contribution < -0.4 is 5.32 Å². The van der Waals surface area contributed by atoms with E-state index in [4.69, 9.17) is 11.6 Å². The molecule has 0 aliphatic heterocycles. The van der Waals surface area contributed by atoms with Crippen LogP contribution in [0.25, 0.3) is 0 Å². The lowest BCUT2D eigenvalue weighted by atomic mass is 10.1. The maximum atomic E-state index is 11.7. The van der Waals surface area contributed by atoms with Gasteiger partial charge in [-0.1, -0.05) is 23.7 Å². The number of carbonyl (C=O) groups is 1. The van der Waals surface area contributed by atoms with Crippen molar-refractivity contribution in [1.29, 1.82) is 0 Å². The van der Waals surface area contributed by atoms with Crippen molar-refractivity contribution in [2.45, 2.75) is 38.8 Å². The number of hydrogen-bond acceptors (Lipinski definition) is 2. The highest BCUT2D eigenvalue weighted by molar-refractivity contribution is 6.30. The summed E-state index contributed by atoms with van der Waals surface area (Å²) >= 11 is 5.84. The van der Waals surface area contributed by atoms with Crippen molar-refractivity contribution in [1.82, 2.24) is 5.32 Å². The van der Waals surface area contributed by atoms with Crippen LogP contribution in [0, 0.1) is 0 Å². The molecule has 0 saturated carbocycles. The summed E-state index contributed by atoms with van der Waals surface area (Å²) < 4.78 is 0. The summed E-state index contributed by atoms with van der Waals surface area (Å²) in [6.07, 6.45) is 0.461. The third-order valence-corrected chi connectivity index (χ3v) is 2.59. The molecule has 1 aromatic carbocycles. The molecule has 1 amide bonds. The standard InChI is InChI=1S/C13H18ClNO2/c1-9(6-10(2)16)15-13(17)8-11-4-3-5-12(14)7-11/h3-5,7,9-10,16H,6,8H2,1-2H3,(H,15,17). The van der Waals surface area contributed by atoms with Gasteiger partial charge < -0.3 is 10.4 Å². The van der Waals surface area contributed by atoms with E-state index in [1.165, 1.54) is 0 Å². The van der Waals surface area contributed by atoms with E-state index in [1.54, 1.807) is 19.1 Å². The summed E-state index contributed by atoms with van der Waals surface area (Å²) in [5, 5.41) is 12.7. The third-order valence-electron chi connectivity index (χ3n) is 2.36. The maximum absolute atomic E-state index is 11.7. The largest absolute Gasteiger partial charge is 0.393 e. The van der Waals surface area contributed by atoms with Gasteiger partial charge >= 0.3 is 0 Å². The first-order valence-electron chi connectivity index (χ1n) is 5.69. The molecule has 0 aliphatic rings. The summed E-state index contributed by atoms with van der Waals surface area (Å²) in [6, 6.07) is 7.22. The van der Waals surface area contributed by atoms with Crippen molar-refractivity contribution in [2.24, 2.45) is 0 Å². The minimum absolute atomic E-state index is 0.0262. The van der Waals surface area contributed by atoms with Crippen molar-refractivity contribution in [2.75, 3.05) is 0 Å². The van der Waals surface area contributed by atoms with E-state index in [0.29, 0.717) is 17.9 Å². The summed E-state index contributed by atoms with van der Waals surface area (Å²) in [5.74, 6) is -0.0552. The monoisotopic (exact) mass is 255 g/mol. The van der Waals surface area contributed by atoms with Crippen LogP contribution >= 0.6 is 11.6 Å². The molecule has 4 heteroatoms. The summed E-state index contributed by atoms with van der Waals surface area (Å²) in [4.78, 5) is 11.7. The molecule has 94 valence electrons. The smallest absolute Gasteiger partial charge is 0.224 e. The van der Waals surface area contributed by atoms with Crippen LogP contribution in [-0.4, -0.2) is 23.2 Å². The molecule has 0 fully saturated rings. The van der Waals surface area contributed by atoms with Crippen LogP contribution in [0.3, 0.4) is 0 Å². The number of rotatable bonds is 5. The van der Waals surface area contributed by atoms with Gasteiger partial charge in [0.05, 0.1) is 12.5 Å². The van der Waals surface area contributed by atoms with Crippen LogP contribution in [0.2, 0.25) is 5.02 Å². The first-order chi connectivity index (χ1) is 7.97. The number of nitrogens with one attached hydrogen (secondary N) is 1. The Morgan fingerprint density at radius 1 is 1.47 bits per heavy atom. The fraction of sp³-hybridized carbons (Fsp3) is 0.462. The average molecular weight is 256 g/mol. The van der Waals surface area contributed by atoms with E-state index in [1.807, 2.05) is 19.1 Å². The van der Waals surface area contributed by atoms with Gasteiger partial charge in [0.15, 0.2) is 0 Å². The molecule has 0 spiro atoms. The second-order valence-electron chi connectivity index (χ2n) is 4.36. The number of amides is 1. The Bertz CT molecular complexity index is 379. The van der Waals surface area contributed by atoms with E-state index in [-0.39, 0.29) is 11.9 Å². The zero-order valence-corrected chi connectivity index (χ0v) is 10.9. The lowest BCUT2D eigenvalue weighted by Gasteiger charge is -2.15. The molecule has 1 rings (SSSR count). The van der Waals surface area contributed by atoms with Gasteiger partial charge in [0, 0.05) is 11.1 Å². The lowest BCUT2D eigenvalue weighted by Crippen LogP contribution is -2.35. The lowest BCUT2D eigenvalue weighted by molar-refractivity contribution is -0.121. The number of hydrogen-bond donors (Lipinski definition) is 2. The first kappa shape index (κ1) is 14.0. The van der Waals surface area contributed by atoms with Crippen molar-refractivity contribution >= 4 is 17.5 Å². The number of halogens is 1. The van der Waals surface area contributed by atoms with E-state index in [2.05, 4.69) is 5.32 Å². The predicted octanol–water partition coefficient (Wildman–Crippen LogP) is 2.16. The Hall–Kier alpha value is -1.06. The van der Waals surface area contributed by atoms with Gasteiger partial charge in [-0.2, -0.15) is 0 Å². The summed E-state index contributed by atoms with van der Waals surface area (Å²) in [7, 11) is 0. The van der Waals surface area contributed by atoms with Gasteiger partial charge in [-0.3, -0.25) is 4.79 Å². The SMILES string of the molecule is CC(O)CC(C)NC(=O)Cc1cccc(Cl)c1. The summed E-state index contributed by atoms with van der Waals surface area (Å²) in [5.41, 5.74) is 0.888. The highest BCUT2D eigenvalue weighted by Gasteiger charge is 2.10. The fourth-order valence-electron chi connectivity index (χ4n) is 1.73. The van der Waals surface area contributed by atoms with Crippen LogP contribution in [0.4, 0.5) is 0 Å². The normalized spacial score (nSPS) is 14.1. The van der Waals surface area contributed by atoms with Gasteiger partial charge in [-0.05, 0) is 38.0 Å². The topological polar surface area (TPSA) is 49.3 Å². The average Bonchev–Trinajstić information content (AvgIpc) is 2.14. The molecular formula is C13H18ClNO2. The van der Waals surface area contributed by atoms with Crippen molar-refractivity contribution < 1.29 is 9.90 Å². The Kier molecular flexibility index (Phi) is 5.45. The Balaban J connectivity index is 2.44.